The summed E-state index contributed by atoms with van der Waals surface area (Å²) in [4.78, 5) is 17.1. The zero-order valence-corrected chi connectivity index (χ0v) is 17.7. The maximum Gasteiger partial charge on any atom is 0.204 e. The van der Waals surface area contributed by atoms with Crippen molar-refractivity contribution in [2.75, 3.05) is 13.2 Å². The molecule has 3 heterocycles. The molecule has 2 atom stereocenters. The number of aryl methyl sites for hydroxylation is 1. The molecule has 0 saturated heterocycles. The number of hydrogen-bond donors (Lipinski definition) is 3. The van der Waals surface area contributed by atoms with Crippen LogP contribution in [0.1, 0.15) is 35.2 Å². The largest absolute Gasteiger partial charge is 0.490 e. The van der Waals surface area contributed by atoms with Crippen molar-refractivity contribution >= 4 is 6.41 Å². The summed E-state index contributed by atoms with van der Waals surface area (Å²) in [6.45, 7) is 3.80. The highest BCUT2D eigenvalue weighted by molar-refractivity contribution is 5.71. The van der Waals surface area contributed by atoms with E-state index in [0.717, 1.165) is 11.6 Å². The number of amides is 1. The Balaban J connectivity index is 0.000000913. The molecule has 3 aromatic rings. The summed E-state index contributed by atoms with van der Waals surface area (Å²) in [6.07, 6.45) is 3.36. The summed E-state index contributed by atoms with van der Waals surface area (Å²) in [5.74, 6) is -0.915. The zero-order valence-electron chi connectivity index (χ0n) is 17.7. The molecule has 9 heteroatoms. The highest BCUT2D eigenvalue weighted by Crippen LogP contribution is 2.44. The van der Waals surface area contributed by atoms with Crippen molar-refractivity contribution in [3.63, 3.8) is 0 Å². The Hall–Kier alpha value is -3.43. The number of hydrogen-bond acceptors (Lipinski definition) is 6. The van der Waals surface area contributed by atoms with Gasteiger partial charge in [0, 0.05) is 42.0 Å². The number of primary amides is 1. The van der Waals surface area contributed by atoms with Gasteiger partial charge in [-0.25, -0.2) is 13.8 Å². The second kappa shape index (κ2) is 9.37. The van der Waals surface area contributed by atoms with E-state index in [1.807, 2.05) is 6.92 Å². The van der Waals surface area contributed by atoms with Crippen molar-refractivity contribution in [1.82, 2.24) is 9.97 Å². The fourth-order valence-corrected chi connectivity index (χ4v) is 3.60. The van der Waals surface area contributed by atoms with Crippen LogP contribution in [0.2, 0.25) is 0 Å². The predicted molar refractivity (Wildman–Crippen MR) is 115 cm³/mol. The van der Waals surface area contributed by atoms with E-state index in [1.54, 1.807) is 37.5 Å². The molecule has 5 N–H and O–H groups in total. The Morgan fingerprint density at radius 3 is 2.53 bits per heavy atom. The van der Waals surface area contributed by atoms with Gasteiger partial charge in [-0.15, -0.1) is 0 Å². The van der Waals surface area contributed by atoms with Gasteiger partial charge in [-0.1, -0.05) is 6.92 Å². The molecule has 0 radical (unpaired) electrons. The first-order valence-corrected chi connectivity index (χ1v) is 9.89. The van der Waals surface area contributed by atoms with Crippen LogP contribution in [-0.2, 0) is 10.4 Å². The average molecular weight is 442 g/mol. The van der Waals surface area contributed by atoms with Crippen molar-refractivity contribution in [2.24, 2.45) is 11.5 Å². The van der Waals surface area contributed by atoms with Crippen LogP contribution in [0.4, 0.5) is 8.78 Å². The molecular weight excluding hydrogens is 418 g/mol. The fraction of sp³-hybridized carbons (Fsp3) is 0.261. The lowest BCUT2D eigenvalue weighted by atomic mass is 9.88. The van der Waals surface area contributed by atoms with Crippen LogP contribution >= 0.6 is 0 Å². The maximum atomic E-state index is 14.7. The zero-order chi connectivity index (χ0) is 23.5. The van der Waals surface area contributed by atoms with E-state index in [9.17, 15) is 13.9 Å². The van der Waals surface area contributed by atoms with Crippen LogP contribution in [0.15, 0.2) is 42.7 Å². The summed E-state index contributed by atoms with van der Waals surface area (Å²) < 4.78 is 34.3. The number of aromatic nitrogens is 2. The minimum absolute atomic E-state index is 0.0228. The lowest BCUT2D eigenvalue weighted by Gasteiger charge is -2.28. The van der Waals surface area contributed by atoms with Crippen LogP contribution < -0.4 is 16.2 Å². The van der Waals surface area contributed by atoms with E-state index >= 15 is 0 Å². The number of carbonyl (C=O) groups is 1. The minimum atomic E-state index is -1.60. The standard InChI is InChI=1S/C22H21F2N3O2.CH3NO/c1-12-7-16(18(24)9-17(12)23)20-21-15(13(2)10-29-21)8-19(27-20)22(28,11-25)14-3-5-26-6-4-14;2-1-3/h3-9,13,28H,10-11,25H2,1-2H3;1H,(H2,2,3). The third-order valence-electron chi connectivity index (χ3n) is 5.39. The van der Waals surface area contributed by atoms with Crippen LogP contribution in [0.5, 0.6) is 5.75 Å². The van der Waals surface area contributed by atoms with Gasteiger partial charge in [0.05, 0.1) is 12.3 Å². The van der Waals surface area contributed by atoms with E-state index in [0.29, 0.717) is 17.9 Å². The van der Waals surface area contributed by atoms with E-state index in [-0.39, 0.29) is 41.4 Å². The number of pyridine rings is 2. The third-order valence-corrected chi connectivity index (χ3v) is 5.39. The van der Waals surface area contributed by atoms with Crippen molar-refractivity contribution in [3.05, 3.63) is 76.7 Å². The third kappa shape index (κ3) is 4.17. The molecule has 0 fully saturated rings. The SMILES string of the molecule is Cc1cc(-c2nc(C(O)(CN)c3ccncc3)cc3c2OCC3C)c(F)cc1F.NC=O. The van der Waals surface area contributed by atoms with Crippen molar-refractivity contribution in [1.29, 1.82) is 0 Å². The molecule has 4 rings (SSSR count). The fourth-order valence-electron chi connectivity index (χ4n) is 3.60. The van der Waals surface area contributed by atoms with Gasteiger partial charge in [0.15, 0.2) is 0 Å². The molecule has 1 amide bonds. The van der Waals surface area contributed by atoms with E-state index in [2.05, 4.69) is 15.7 Å². The average Bonchev–Trinajstić information content (AvgIpc) is 3.17. The summed E-state index contributed by atoms with van der Waals surface area (Å²) >= 11 is 0. The maximum absolute atomic E-state index is 14.7. The lowest BCUT2D eigenvalue weighted by molar-refractivity contribution is -0.106. The molecule has 2 unspecified atom stereocenters. The topological polar surface area (TPSA) is 124 Å². The van der Waals surface area contributed by atoms with Gasteiger partial charge in [-0.3, -0.25) is 9.78 Å². The van der Waals surface area contributed by atoms with E-state index in [4.69, 9.17) is 15.3 Å². The first-order valence-electron chi connectivity index (χ1n) is 9.89. The van der Waals surface area contributed by atoms with Crippen LogP contribution in [0.3, 0.4) is 0 Å². The Morgan fingerprint density at radius 1 is 1.25 bits per heavy atom. The van der Waals surface area contributed by atoms with Crippen molar-refractivity contribution in [2.45, 2.75) is 25.4 Å². The van der Waals surface area contributed by atoms with Gasteiger partial charge in [-0.05, 0) is 42.3 Å². The molecule has 168 valence electrons. The number of fused-ring (bicyclic) bond motifs is 1. The Labute approximate surface area is 184 Å². The van der Waals surface area contributed by atoms with Crippen LogP contribution in [0.25, 0.3) is 11.3 Å². The van der Waals surface area contributed by atoms with Crippen LogP contribution in [-0.4, -0.2) is 34.6 Å². The molecular formula is C23H24F2N4O3. The molecule has 1 aliphatic rings. The molecule has 0 aliphatic carbocycles. The number of benzene rings is 1. The molecule has 0 spiro atoms. The quantitative estimate of drug-likeness (QED) is 0.534. The molecule has 1 aromatic carbocycles. The predicted octanol–water partition coefficient (Wildman–Crippen LogP) is 2.52. The Bertz CT molecular complexity index is 1130. The molecule has 0 saturated carbocycles. The lowest BCUT2D eigenvalue weighted by Crippen LogP contribution is -2.37. The van der Waals surface area contributed by atoms with E-state index in [1.165, 1.54) is 6.07 Å². The number of aliphatic hydroxyl groups is 1. The monoisotopic (exact) mass is 442 g/mol. The number of rotatable bonds is 4. The number of nitrogens with zero attached hydrogens (tertiary/aromatic N) is 2. The van der Waals surface area contributed by atoms with Crippen molar-refractivity contribution in [3.8, 4) is 17.0 Å². The van der Waals surface area contributed by atoms with Gasteiger partial charge < -0.3 is 21.3 Å². The van der Waals surface area contributed by atoms with Crippen molar-refractivity contribution < 1.29 is 23.4 Å². The number of carbonyl (C=O) groups excluding carboxylic acids is 1. The van der Waals surface area contributed by atoms with Gasteiger partial charge >= 0.3 is 0 Å². The first kappa shape index (κ1) is 23.2. The molecule has 1 aliphatic heterocycles. The molecule has 0 bridgehead atoms. The van der Waals surface area contributed by atoms with Gasteiger partial charge in [-0.2, -0.15) is 0 Å². The number of halogens is 2. The summed E-state index contributed by atoms with van der Waals surface area (Å²) in [6, 6.07) is 7.30. The number of ether oxygens (including phenoxy) is 1. The summed E-state index contributed by atoms with van der Waals surface area (Å²) in [5, 5.41) is 11.4. The normalized spacial score (nSPS) is 16.2. The molecule has 7 nitrogen and oxygen atoms in total. The second-order valence-electron chi connectivity index (χ2n) is 7.50. The van der Waals surface area contributed by atoms with Gasteiger partial charge in [0.25, 0.3) is 0 Å². The minimum Gasteiger partial charge on any atom is -0.490 e. The Morgan fingerprint density at radius 2 is 1.91 bits per heavy atom. The summed E-state index contributed by atoms with van der Waals surface area (Å²) in [7, 11) is 0. The van der Waals surface area contributed by atoms with Crippen LogP contribution in [0, 0.1) is 18.6 Å². The highest BCUT2D eigenvalue weighted by Gasteiger charge is 2.36. The summed E-state index contributed by atoms with van der Waals surface area (Å²) in [5.41, 5.74) is 10.7. The number of nitrogens with two attached hydrogens (primary N) is 2. The van der Waals surface area contributed by atoms with E-state index < -0.39 is 17.2 Å². The first-order chi connectivity index (χ1) is 15.3. The smallest absolute Gasteiger partial charge is 0.204 e. The highest BCUT2D eigenvalue weighted by atomic mass is 19.1. The van der Waals surface area contributed by atoms with Gasteiger partial charge in [0.2, 0.25) is 6.41 Å². The second-order valence-corrected chi connectivity index (χ2v) is 7.50. The van der Waals surface area contributed by atoms with Gasteiger partial charge in [0.1, 0.15) is 28.7 Å². The Kier molecular flexibility index (Phi) is 6.81. The molecule has 2 aromatic heterocycles. The molecule has 32 heavy (non-hydrogen) atoms.